The van der Waals surface area contributed by atoms with Crippen LogP contribution in [-0.2, 0) is 22.9 Å². The quantitative estimate of drug-likeness (QED) is 0.207. The van der Waals surface area contributed by atoms with Crippen LogP contribution in [0.3, 0.4) is 0 Å². The van der Waals surface area contributed by atoms with E-state index < -0.39 is 14.9 Å². The van der Waals surface area contributed by atoms with Crippen LogP contribution in [0.25, 0.3) is 0 Å². The molecule has 10 heteroatoms. The molecule has 1 aliphatic carbocycles. The fraction of sp³-hybridized carbons (Fsp3) is 0.316. The summed E-state index contributed by atoms with van der Waals surface area (Å²) in [5, 5.41) is 13.9. The van der Waals surface area contributed by atoms with E-state index in [0.29, 0.717) is 0 Å². The average molecular weight is 417 g/mol. The summed E-state index contributed by atoms with van der Waals surface area (Å²) in [6, 6.07) is 10.9. The van der Waals surface area contributed by atoms with Gasteiger partial charge in [-0.2, -0.15) is 0 Å². The van der Waals surface area contributed by atoms with E-state index in [1.165, 1.54) is 35.7 Å². The molecule has 2 aromatic rings. The zero-order valence-corrected chi connectivity index (χ0v) is 16.6. The summed E-state index contributed by atoms with van der Waals surface area (Å²) in [6.07, 6.45) is 4.38. The molecule has 0 aromatic heterocycles. The molecule has 2 aromatic carbocycles. The number of nitrogens with zero attached hydrogens (tertiary/aromatic N) is 2. The van der Waals surface area contributed by atoms with Gasteiger partial charge in [-0.25, -0.2) is 13.1 Å². The zero-order chi connectivity index (χ0) is 20.9. The van der Waals surface area contributed by atoms with Crippen LogP contribution in [0.5, 0.6) is 0 Å². The molecule has 9 nitrogen and oxygen atoms in total. The van der Waals surface area contributed by atoms with E-state index in [2.05, 4.69) is 21.1 Å². The van der Waals surface area contributed by atoms with Gasteiger partial charge in [-0.3, -0.25) is 15.1 Å². The van der Waals surface area contributed by atoms with Gasteiger partial charge < -0.3 is 11.1 Å². The topological polar surface area (TPSA) is 140 Å². The van der Waals surface area contributed by atoms with E-state index in [1.54, 1.807) is 0 Å². The van der Waals surface area contributed by atoms with Crippen molar-refractivity contribution in [1.29, 1.82) is 0 Å². The second kappa shape index (κ2) is 9.01. The fourth-order valence-electron chi connectivity index (χ4n) is 3.28. The Morgan fingerprint density at radius 3 is 2.72 bits per heavy atom. The molecule has 0 saturated heterocycles. The lowest BCUT2D eigenvalue weighted by molar-refractivity contribution is -0.385. The van der Waals surface area contributed by atoms with E-state index in [0.717, 1.165) is 31.0 Å². The fourth-order valence-corrected chi connectivity index (χ4v) is 4.34. The number of rotatable bonds is 7. The number of fused-ring (bicyclic) bond motifs is 1. The Bertz CT molecular complexity index is 1040. The SMILES string of the molecule is NC(=NCCNS(=O)(=O)c1cccc([N+](=O)[O-])c1)Nc1cccc2c1CCCC2. The molecule has 0 amide bonds. The molecule has 0 unspecified atom stereocenters. The third-order valence-corrected chi connectivity index (χ3v) is 6.14. The van der Waals surface area contributed by atoms with Crippen LogP contribution in [0.2, 0.25) is 0 Å². The summed E-state index contributed by atoms with van der Waals surface area (Å²) < 4.78 is 26.9. The minimum absolute atomic E-state index is 0.0142. The number of aliphatic imine (C=N–C) groups is 1. The molecule has 0 radical (unpaired) electrons. The lowest BCUT2D eigenvalue weighted by atomic mass is 9.90. The molecule has 29 heavy (non-hydrogen) atoms. The van der Waals surface area contributed by atoms with Crippen molar-refractivity contribution in [2.45, 2.75) is 30.6 Å². The highest BCUT2D eigenvalue weighted by atomic mass is 32.2. The number of nitro benzene ring substituents is 1. The van der Waals surface area contributed by atoms with Gasteiger partial charge in [-0.15, -0.1) is 0 Å². The van der Waals surface area contributed by atoms with Gasteiger partial charge in [0.25, 0.3) is 5.69 Å². The first-order valence-electron chi connectivity index (χ1n) is 9.28. The van der Waals surface area contributed by atoms with Crippen LogP contribution in [-0.4, -0.2) is 32.4 Å². The van der Waals surface area contributed by atoms with Gasteiger partial charge in [0.05, 0.1) is 16.4 Å². The van der Waals surface area contributed by atoms with Crippen molar-refractivity contribution in [1.82, 2.24) is 4.72 Å². The summed E-state index contributed by atoms with van der Waals surface area (Å²) in [7, 11) is -3.87. The minimum atomic E-state index is -3.87. The van der Waals surface area contributed by atoms with Crippen LogP contribution < -0.4 is 15.8 Å². The van der Waals surface area contributed by atoms with Gasteiger partial charge in [-0.05, 0) is 48.9 Å². The van der Waals surface area contributed by atoms with Crippen molar-refractivity contribution in [3.8, 4) is 0 Å². The lowest BCUT2D eigenvalue weighted by Crippen LogP contribution is -2.29. The van der Waals surface area contributed by atoms with Gasteiger partial charge in [0.1, 0.15) is 0 Å². The smallest absolute Gasteiger partial charge is 0.270 e. The average Bonchev–Trinajstić information content (AvgIpc) is 2.71. The number of anilines is 1. The number of aryl methyl sites for hydroxylation is 1. The number of nitrogens with one attached hydrogen (secondary N) is 2. The van der Waals surface area contributed by atoms with Crippen LogP contribution in [0, 0.1) is 10.1 Å². The number of hydrogen-bond donors (Lipinski definition) is 3. The number of sulfonamides is 1. The summed E-state index contributed by atoms with van der Waals surface area (Å²) in [6.45, 7) is 0.141. The minimum Gasteiger partial charge on any atom is -0.370 e. The van der Waals surface area contributed by atoms with E-state index in [4.69, 9.17) is 5.73 Å². The molecule has 1 aliphatic rings. The van der Waals surface area contributed by atoms with E-state index in [9.17, 15) is 18.5 Å². The van der Waals surface area contributed by atoms with Gasteiger partial charge in [0.2, 0.25) is 10.0 Å². The monoisotopic (exact) mass is 417 g/mol. The molecular weight excluding hydrogens is 394 g/mol. The third-order valence-electron chi connectivity index (χ3n) is 4.68. The number of non-ortho nitro benzene ring substituents is 1. The van der Waals surface area contributed by atoms with Crippen molar-refractivity contribution in [2.75, 3.05) is 18.4 Å². The normalized spacial score (nSPS) is 14.3. The van der Waals surface area contributed by atoms with Crippen molar-refractivity contribution in [3.63, 3.8) is 0 Å². The molecule has 4 N–H and O–H groups in total. The second-order valence-electron chi connectivity index (χ2n) is 6.69. The molecule has 0 atom stereocenters. The molecule has 0 bridgehead atoms. The molecule has 0 saturated carbocycles. The highest BCUT2D eigenvalue weighted by Gasteiger charge is 2.17. The molecular formula is C19H23N5O4S. The Morgan fingerprint density at radius 2 is 1.93 bits per heavy atom. The maximum Gasteiger partial charge on any atom is 0.270 e. The van der Waals surface area contributed by atoms with E-state index in [1.807, 2.05) is 12.1 Å². The van der Waals surface area contributed by atoms with Crippen LogP contribution >= 0.6 is 0 Å². The number of nitrogens with two attached hydrogens (primary N) is 1. The number of hydrogen-bond acceptors (Lipinski definition) is 5. The Balaban J connectivity index is 1.57. The third kappa shape index (κ3) is 5.30. The highest BCUT2D eigenvalue weighted by molar-refractivity contribution is 7.89. The number of nitro groups is 1. The van der Waals surface area contributed by atoms with Crippen molar-refractivity contribution in [2.24, 2.45) is 10.7 Å². The van der Waals surface area contributed by atoms with E-state index in [-0.39, 0.29) is 29.6 Å². The second-order valence-corrected chi connectivity index (χ2v) is 8.46. The molecule has 0 spiro atoms. The molecule has 0 fully saturated rings. The van der Waals surface area contributed by atoms with Crippen LogP contribution in [0.1, 0.15) is 24.0 Å². The maximum absolute atomic E-state index is 12.3. The van der Waals surface area contributed by atoms with Gasteiger partial charge >= 0.3 is 0 Å². The first kappa shape index (κ1) is 20.7. The summed E-state index contributed by atoms with van der Waals surface area (Å²) in [5.41, 5.74) is 9.16. The molecule has 0 heterocycles. The van der Waals surface area contributed by atoms with Gasteiger partial charge in [-0.1, -0.05) is 18.2 Å². The standard InChI is InChI=1S/C19H23N5O4S/c20-19(23-18-10-3-6-14-5-1-2-9-17(14)18)21-11-12-22-29(27,28)16-8-4-7-15(13-16)24(25)26/h3-4,6-8,10,13,22H,1-2,5,9,11-12H2,(H3,20,21,23). The Morgan fingerprint density at radius 1 is 1.17 bits per heavy atom. The first-order chi connectivity index (χ1) is 13.9. The number of guanidine groups is 1. The first-order valence-corrected chi connectivity index (χ1v) is 10.8. The van der Waals surface area contributed by atoms with E-state index >= 15 is 0 Å². The summed E-state index contributed by atoms with van der Waals surface area (Å²) >= 11 is 0. The predicted molar refractivity (Wildman–Crippen MR) is 111 cm³/mol. The lowest BCUT2D eigenvalue weighted by Gasteiger charge is -2.19. The van der Waals surface area contributed by atoms with Crippen LogP contribution in [0.4, 0.5) is 11.4 Å². The Hall–Kier alpha value is -2.98. The largest absolute Gasteiger partial charge is 0.370 e. The zero-order valence-electron chi connectivity index (χ0n) is 15.8. The van der Waals surface area contributed by atoms with Crippen molar-refractivity contribution < 1.29 is 13.3 Å². The highest BCUT2D eigenvalue weighted by Crippen LogP contribution is 2.27. The molecule has 154 valence electrons. The Labute approximate surface area is 169 Å². The van der Waals surface area contributed by atoms with Gasteiger partial charge in [0, 0.05) is 24.4 Å². The predicted octanol–water partition coefficient (Wildman–Crippen LogP) is 2.18. The maximum atomic E-state index is 12.3. The molecule has 0 aliphatic heterocycles. The van der Waals surface area contributed by atoms with Crippen LogP contribution in [0.15, 0.2) is 52.4 Å². The summed E-state index contributed by atoms with van der Waals surface area (Å²) in [4.78, 5) is 14.2. The van der Waals surface area contributed by atoms with Crippen molar-refractivity contribution >= 4 is 27.4 Å². The summed E-state index contributed by atoms with van der Waals surface area (Å²) in [5.74, 6) is 0.207. The number of benzene rings is 2. The molecule has 3 rings (SSSR count). The van der Waals surface area contributed by atoms with Gasteiger partial charge in [0.15, 0.2) is 5.96 Å². The van der Waals surface area contributed by atoms with Crippen molar-refractivity contribution in [3.05, 3.63) is 63.7 Å². The Kier molecular flexibility index (Phi) is 6.45.